The third-order valence-electron chi connectivity index (χ3n) is 8.50. The van der Waals surface area contributed by atoms with E-state index in [1.165, 1.54) is 0 Å². The Morgan fingerprint density at radius 1 is 1.17 bits per heavy atom. The van der Waals surface area contributed by atoms with Crippen LogP contribution in [-0.4, -0.2) is 51.2 Å². The van der Waals surface area contributed by atoms with Crippen molar-refractivity contribution >= 4 is 5.91 Å². The van der Waals surface area contributed by atoms with Crippen molar-refractivity contribution in [1.82, 2.24) is 15.2 Å². The van der Waals surface area contributed by atoms with Gasteiger partial charge in [-0.2, -0.15) is 0 Å². The highest BCUT2D eigenvalue weighted by atomic mass is 16.3. The van der Waals surface area contributed by atoms with Gasteiger partial charge in [0.2, 0.25) is 0 Å². The summed E-state index contributed by atoms with van der Waals surface area (Å²) in [4.78, 5) is 31.1. The zero-order chi connectivity index (χ0) is 25.7. The third-order valence-corrected chi connectivity index (χ3v) is 8.50. The van der Waals surface area contributed by atoms with Crippen LogP contribution in [0.5, 0.6) is 5.75 Å². The SMILES string of the molecule is Cc1ccc(O)cc1[C@]12CCN(C)[C@H](C)[C@]1(O)Cc1cc(C(=O)NCc3ccccc3)c(=O)[nH]c1C2. The number of amides is 1. The second-order valence-corrected chi connectivity index (χ2v) is 10.4. The van der Waals surface area contributed by atoms with Gasteiger partial charge in [-0.25, -0.2) is 0 Å². The number of likely N-dealkylation sites (N-methyl/N-ethyl adjacent to an activating group) is 1. The number of hydrogen-bond acceptors (Lipinski definition) is 5. The van der Waals surface area contributed by atoms with Crippen LogP contribution >= 0.6 is 0 Å². The number of nitrogens with zero attached hydrogens (tertiary/aromatic N) is 1. The number of aromatic hydroxyl groups is 1. The number of aryl methyl sites for hydroxylation is 1. The fraction of sp³-hybridized carbons (Fsp3) is 0.379. The molecule has 1 fully saturated rings. The van der Waals surface area contributed by atoms with E-state index in [-0.39, 0.29) is 17.4 Å². The summed E-state index contributed by atoms with van der Waals surface area (Å²) in [5.41, 5.74) is 2.11. The van der Waals surface area contributed by atoms with Gasteiger partial charge >= 0.3 is 0 Å². The number of likely N-dealkylation sites (tertiary alicyclic amines) is 1. The number of nitrogens with one attached hydrogen (secondary N) is 2. The molecule has 1 amide bonds. The minimum Gasteiger partial charge on any atom is -0.508 e. The Morgan fingerprint density at radius 3 is 2.67 bits per heavy atom. The molecule has 1 aliphatic heterocycles. The molecule has 0 unspecified atom stereocenters. The maximum absolute atomic E-state index is 13.0. The standard InChI is InChI=1S/C29H33N3O4/c1-18-9-10-22(33)14-24(18)28-11-12-32(3)19(2)29(28,36)15-21-13-23(27(35)31-25(21)16-28)26(34)30-17-20-7-5-4-6-8-20/h4-10,13-14,19,33,36H,11-12,15-17H2,1-3H3,(H,30,34)(H,31,35)/t19-,28-,29-/m1/s1. The molecule has 2 aliphatic rings. The molecule has 1 saturated heterocycles. The summed E-state index contributed by atoms with van der Waals surface area (Å²) in [5.74, 6) is -0.284. The average Bonchev–Trinajstić information content (AvgIpc) is 2.86. The van der Waals surface area contributed by atoms with Gasteiger partial charge in [-0.3, -0.25) is 9.59 Å². The van der Waals surface area contributed by atoms with Gasteiger partial charge in [0.05, 0.1) is 5.60 Å². The van der Waals surface area contributed by atoms with E-state index in [0.29, 0.717) is 25.8 Å². The first-order valence-electron chi connectivity index (χ1n) is 12.4. The topological polar surface area (TPSA) is 106 Å². The summed E-state index contributed by atoms with van der Waals surface area (Å²) in [6.45, 7) is 5.11. The smallest absolute Gasteiger partial charge is 0.261 e. The van der Waals surface area contributed by atoms with Crippen molar-refractivity contribution in [2.75, 3.05) is 13.6 Å². The third kappa shape index (κ3) is 3.83. The Morgan fingerprint density at radius 2 is 1.92 bits per heavy atom. The number of fused-ring (bicyclic) bond motifs is 2. The number of pyridine rings is 1. The van der Waals surface area contributed by atoms with Gasteiger partial charge in [0.25, 0.3) is 11.5 Å². The molecule has 188 valence electrons. The van der Waals surface area contributed by atoms with Crippen LogP contribution in [0.4, 0.5) is 0 Å². The normalized spacial score (nSPS) is 25.6. The summed E-state index contributed by atoms with van der Waals surface area (Å²) < 4.78 is 0. The van der Waals surface area contributed by atoms with Crippen molar-refractivity contribution in [3.8, 4) is 5.75 Å². The number of aliphatic hydroxyl groups is 1. The van der Waals surface area contributed by atoms with Gasteiger partial charge in [-0.15, -0.1) is 0 Å². The number of aromatic amines is 1. The highest BCUT2D eigenvalue weighted by Crippen LogP contribution is 2.53. The van der Waals surface area contributed by atoms with Crippen LogP contribution < -0.4 is 10.9 Å². The number of aromatic nitrogens is 1. The van der Waals surface area contributed by atoms with E-state index < -0.39 is 22.5 Å². The van der Waals surface area contributed by atoms with Crippen LogP contribution in [0.25, 0.3) is 0 Å². The molecule has 3 aromatic rings. The number of hydrogen-bond donors (Lipinski definition) is 4. The molecule has 0 spiro atoms. The van der Waals surface area contributed by atoms with Crippen molar-refractivity contribution in [3.63, 3.8) is 0 Å². The quantitative estimate of drug-likeness (QED) is 0.453. The molecule has 2 heterocycles. The van der Waals surface area contributed by atoms with E-state index in [4.69, 9.17) is 0 Å². The monoisotopic (exact) mass is 487 g/mol. The summed E-state index contributed by atoms with van der Waals surface area (Å²) >= 11 is 0. The van der Waals surface area contributed by atoms with Crippen molar-refractivity contribution in [1.29, 1.82) is 0 Å². The number of carbonyl (C=O) groups is 1. The van der Waals surface area contributed by atoms with E-state index >= 15 is 0 Å². The van der Waals surface area contributed by atoms with Crippen LogP contribution in [0.2, 0.25) is 0 Å². The number of rotatable bonds is 4. The van der Waals surface area contributed by atoms with Crippen molar-refractivity contribution in [2.24, 2.45) is 0 Å². The lowest BCUT2D eigenvalue weighted by Gasteiger charge is -2.59. The lowest BCUT2D eigenvalue weighted by atomic mass is 9.53. The van der Waals surface area contributed by atoms with Gasteiger partial charge in [-0.1, -0.05) is 36.4 Å². The summed E-state index contributed by atoms with van der Waals surface area (Å²) in [6.07, 6.45) is 1.39. The minimum absolute atomic E-state index is 0.0473. The molecule has 0 saturated carbocycles. The number of piperidine rings is 1. The predicted molar refractivity (Wildman–Crippen MR) is 138 cm³/mol. The van der Waals surface area contributed by atoms with E-state index in [1.54, 1.807) is 18.2 Å². The largest absolute Gasteiger partial charge is 0.508 e. The number of phenolic OH excluding ortho intramolecular Hbond substituents is 1. The number of carbonyl (C=O) groups excluding carboxylic acids is 1. The molecule has 2 aromatic carbocycles. The predicted octanol–water partition coefficient (Wildman–Crippen LogP) is 2.81. The van der Waals surface area contributed by atoms with Gasteiger partial charge in [0, 0.05) is 36.5 Å². The molecule has 36 heavy (non-hydrogen) atoms. The lowest BCUT2D eigenvalue weighted by molar-refractivity contribution is -0.132. The molecule has 4 N–H and O–H groups in total. The van der Waals surface area contributed by atoms with Crippen molar-refractivity contribution in [2.45, 2.75) is 56.7 Å². The van der Waals surface area contributed by atoms with Crippen LogP contribution in [-0.2, 0) is 24.8 Å². The Balaban J connectivity index is 1.56. The fourth-order valence-electron chi connectivity index (χ4n) is 6.25. The average molecular weight is 488 g/mol. The van der Waals surface area contributed by atoms with Crippen LogP contribution in [0.15, 0.2) is 59.4 Å². The van der Waals surface area contributed by atoms with E-state index in [2.05, 4.69) is 15.2 Å². The molecule has 3 atom stereocenters. The molecule has 7 nitrogen and oxygen atoms in total. The number of H-pyrrole nitrogens is 1. The zero-order valence-corrected chi connectivity index (χ0v) is 21.0. The van der Waals surface area contributed by atoms with Gasteiger partial charge in [-0.05, 0) is 74.3 Å². The molecule has 5 rings (SSSR count). The summed E-state index contributed by atoms with van der Waals surface area (Å²) in [5, 5.41) is 25.6. The molecular formula is C29H33N3O4. The van der Waals surface area contributed by atoms with E-state index in [0.717, 1.165) is 34.5 Å². The highest BCUT2D eigenvalue weighted by Gasteiger charge is 2.60. The first-order chi connectivity index (χ1) is 17.1. The first kappa shape index (κ1) is 24.3. The Bertz CT molecular complexity index is 1370. The van der Waals surface area contributed by atoms with Crippen molar-refractivity contribution < 1.29 is 15.0 Å². The molecule has 0 radical (unpaired) electrons. The van der Waals surface area contributed by atoms with Gasteiger partial charge in [0.15, 0.2) is 0 Å². The first-order valence-corrected chi connectivity index (χ1v) is 12.4. The Labute approximate surface area is 210 Å². The summed E-state index contributed by atoms with van der Waals surface area (Å²) in [6, 6.07) is 16.3. The Kier molecular flexibility index (Phi) is 6.01. The molecule has 7 heteroatoms. The van der Waals surface area contributed by atoms with Gasteiger partial charge < -0.3 is 25.4 Å². The molecule has 1 aliphatic carbocycles. The van der Waals surface area contributed by atoms with E-state index in [9.17, 15) is 19.8 Å². The number of benzene rings is 2. The second kappa shape index (κ2) is 8.91. The van der Waals surface area contributed by atoms with E-state index in [1.807, 2.05) is 57.3 Å². The second-order valence-electron chi connectivity index (χ2n) is 10.4. The summed E-state index contributed by atoms with van der Waals surface area (Å²) in [7, 11) is 2.01. The Hall–Kier alpha value is -3.42. The van der Waals surface area contributed by atoms with Crippen molar-refractivity contribution in [3.05, 3.63) is 98.5 Å². The number of phenols is 1. The lowest BCUT2D eigenvalue weighted by Crippen LogP contribution is -2.70. The van der Waals surface area contributed by atoms with Crippen LogP contribution in [0.1, 0.15) is 51.7 Å². The fourth-order valence-corrected chi connectivity index (χ4v) is 6.25. The van der Waals surface area contributed by atoms with Crippen LogP contribution in [0.3, 0.4) is 0 Å². The highest BCUT2D eigenvalue weighted by molar-refractivity contribution is 5.94. The molecule has 1 aromatic heterocycles. The van der Waals surface area contributed by atoms with Gasteiger partial charge in [0.1, 0.15) is 11.3 Å². The molecule has 0 bridgehead atoms. The maximum atomic E-state index is 13.0. The minimum atomic E-state index is -1.17. The maximum Gasteiger partial charge on any atom is 0.261 e. The van der Waals surface area contributed by atoms with Crippen LogP contribution in [0, 0.1) is 6.92 Å². The molecular weight excluding hydrogens is 454 g/mol. The zero-order valence-electron chi connectivity index (χ0n) is 21.0.